The van der Waals surface area contributed by atoms with Crippen LogP contribution in [0.15, 0.2) is 65.3 Å². The van der Waals surface area contributed by atoms with E-state index in [-0.39, 0.29) is 28.7 Å². The minimum atomic E-state index is -0.280. The van der Waals surface area contributed by atoms with E-state index in [0.29, 0.717) is 33.1 Å². The predicted octanol–water partition coefficient (Wildman–Crippen LogP) is 7.29. The third-order valence-electron chi connectivity index (χ3n) is 8.25. The van der Waals surface area contributed by atoms with Crippen molar-refractivity contribution in [2.75, 3.05) is 23.1 Å². The average molecular weight is 599 g/mol. The number of para-hydroxylation sites is 2. The number of aliphatic imine (C=N–C) groups is 1. The van der Waals surface area contributed by atoms with Crippen molar-refractivity contribution in [1.29, 1.82) is 5.26 Å². The van der Waals surface area contributed by atoms with E-state index in [1.54, 1.807) is 13.2 Å². The molecular formula is C33H34N4O3S2. The summed E-state index contributed by atoms with van der Waals surface area (Å²) in [6.07, 6.45) is 5.65. The monoisotopic (exact) mass is 598 g/mol. The van der Waals surface area contributed by atoms with Gasteiger partial charge in [0, 0.05) is 10.4 Å². The van der Waals surface area contributed by atoms with E-state index >= 15 is 0 Å². The van der Waals surface area contributed by atoms with Gasteiger partial charge in [-0.1, -0.05) is 75.4 Å². The molecule has 5 rings (SSSR count). The fourth-order valence-electron chi connectivity index (χ4n) is 5.37. The Labute approximate surface area is 255 Å². The summed E-state index contributed by atoms with van der Waals surface area (Å²) in [5.41, 5.74) is 3.56. The molecule has 0 bridgehead atoms. The fraction of sp³-hybridized carbons (Fsp3) is 0.333. The highest BCUT2D eigenvalue weighted by atomic mass is 32.2. The Bertz CT molecular complexity index is 1600. The number of amides is 2. The van der Waals surface area contributed by atoms with E-state index in [1.165, 1.54) is 32.9 Å². The van der Waals surface area contributed by atoms with Crippen LogP contribution in [0.4, 0.5) is 10.7 Å². The van der Waals surface area contributed by atoms with Crippen LogP contribution >= 0.6 is 23.1 Å². The molecule has 0 fully saturated rings. The maximum Gasteiger partial charge on any atom is 0.283 e. The first-order valence-corrected chi connectivity index (χ1v) is 15.9. The van der Waals surface area contributed by atoms with Gasteiger partial charge in [-0.05, 0) is 60.4 Å². The summed E-state index contributed by atoms with van der Waals surface area (Å²) in [5, 5.41) is 14.0. The second-order valence-corrected chi connectivity index (χ2v) is 13.1. The first kappa shape index (κ1) is 29.6. The van der Waals surface area contributed by atoms with Crippen LogP contribution in [0.25, 0.3) is 6.08 Å². The lowest BCUT2D eigenvalue weighted by molar-refractivity contribution is -0.114. The number of rotatable bonds is 8. The molecule has 1 aliphatic heterocycles. The number of benzene rings is 2. The molecule has 0 saturated carbocycles. The Balaban J connectivity index is 1.35. The van der Waals surface area contributed by atoms with Gasteiger partial charge in [0.2, 0.25) is 5.91 Å². The number of fused-ring (bicyclic) bond motifs is 1. The zero-order valence-electron chi connectivity index (χ0n) is 24.3. The second kappa shape index (κ2) is 12.6. The smallest absolute Gasteiger partial charge is 0.283 e. The first-order valence-electron chi connectivity index (χ1n) is 14.1. The van der Waals surface area contributed by atoms with Crippen molar-refractivity contribution in [3.8, 4) is 11.8 Å². The van der Waals surface area contributed by atoms with Gasteiger partial charge in [0.25, 0.3) is 5.91 Å². The number of carbonyl (C=O) groups excluding carboxylic acids is 2. The van der Waals surface area contributed by atoms with Crippen molar-refractivity contribution in [2.24, 2.45) is 16.3 Å². The largest absolute Gasteiger partial charge is 0.496 e. The number of thiophene rings is 1. The Hall–Kier alpha value is -3.87. The van der Waals surface area contributed by atoms with Crippen LogP contribution in [0, 0.1) is 22.7 Å². The second-order valence-electron chi connectivity index (χ2n) is 11.1. The molecule has 2 aromatic carbocycles. The van der Waals surface area contributed by atoms with Crippen molar-refractivity contribution in [1.82, 2.24) is 0 Å². The summed E-state index contributed by atoms with van der Waals surface area (Å²) >= 11 is 2.72. The molecule has 1 unspecified atom stereocenters. The molecule has 0 radical (unpaired) electrons. The van der Waals surface area contributed by atoms with E-state index in [1.807, 2.05) is 54.6 Å². The summed E-state index contributed by atoms with van der Waals surface area (Å²) in [6, 6.07) is 19.0. The highest BCUT2D eigenvalue weighted by molar-refractivity contribution is 8.14. The molecule has 1 aliphatic carbocycles. The highest BCUT2D eigenvalue weighted by Gasteiger charge is 2.35. The minimum absolute atomic E-state index is 0.0380. The molecule has 1 atom stereocenters. The number of anilines is 2. The number of carbonyl (C=O) groups is 2. The minimum Gasteiger partial charge on any atom is -0.496 e. The molecule has 42 heavy (non-hydrogen) atoms. The topological polar surface area (TPSA) is 94.8 Å². The van der Waals surface area contributed by atoms with Crippen LogP contribution in [-0.2, 0) is 22.4 Å². The molecule has 0 saturated heterocycles. The van der Waals surface area contributed by atoms with Gasteiger partial charge in [0.05, 0.1) is 24.1 Å². The molecule has 2 heterocycles. The van der Waals surface area contributed by atoms with Crippen LogP contribution in [0.2, 0.25) is 0 Å². The molecule has 9 heteroatoms. The van der Waals surface area contributed by atoms with Crippen molar-refractivity contribution < 1.29 is 14.3 Å². The van der Waals surface area contributed by atoms with Crippen LogP contribution < -0.4 is 15.0 Å². The molecular weight excluding hydrogens is 565 g/mol. The lowest BCUT2D eigenvalue weighted by Gasteiger charge is -2.36. The zero-order chi connectivity index (χ0) is 29.9. The van der Waals surface area contributed by atoms with E-state index in [4.69, 9.17) is 4.74 Å². The highest BCUT2D eigenvalue weighted by Crippen LogP contribution is 2.45. The number of hydrogen-bond acceptors (Lipinski definition) is 7. The van der Waals surface area contributed by atoms with Gasteiger partial charge in [0.1, 0.15) is 22.5 Å². The number of hydrogen-bond donors (Lipinski definition) is 1. The number of methoxy groups -OCH3 is 1. The van der Waals surface area contributed by atoms with Crippen molar-refractivity contribution in [2.45, 2.75) is 46.5 Å². The molecule has 0 spiro atoms. The lowest BCUT2D eigenvalue weighted by atomic mass is 9.69. The number of nitrogens with one attached hydrogen (secondary N) is 1. The lowest BCUT2D eigenvalue weighted by Crippen LogP contribution is -2.31. The number of thioether (sulfide) groups is 1. The summed E-state index contributed by atoms with van der Waals surface area (Å²) < 4.78 is 5.44. The molecule has 2 amide bonds. The zero-order valence-corrected chi connectivity index (χ0v) is 25.9. The maximum atomic E-state index is 13.5. The maximum absolute atomic E-state index is 13.5. The van der Waals surface area contributed by atoms with E-state index < -0.39 is 0 Å². The Morgan fingerprint density at radius 3 is 2.69 bits per heavy atom. The molecule has 1 aromatic heterocycles. The first-order chi connectivity index (χ1) is 20.2. The van der Waals surface area contributed by atoms with Crippen LogP contribution in [0.5, 0.6) is 5.75 Å². The number of nitrogens with zero attached hydrogens (tertiary/aromatic N) is 3. The summed E-state index contributed by atoms with van der Waals surface area (Å²) in [6.45, 7) is 6.85. The molecule has 7 nitrogen and oxygen atoms in total. The number of ether oxygens (including phenoxy) is 1. The molecule has 216 valence electrons. The SMILES string of the molecule is CCC(C)(C)C1CCc2c(sc(NC(=O)CSC3=NC(=Cc4ccccc4OC)C(=O)N3c3ccccc3)c2C#N)C1. The normalized spacial score (nSPS) is 17.5. The number of nitriles is 1. The van der Waals surface area contributed by atoms with Crippen molar-refractivity contribution in [3.63, 3.8) is 0 Å². The van der Waals surface area contributed by atoms with Gasteiger partial charge in [-0.15, -0.1) is 11.3 Å². The Morgan fingerprint density at radius 2 is 1.98 bits per heavy atom. The Kier molecular flexibility index (Phi) is 8.85. The molecule has 2 aliphatic rings. The quantitative estimate of drug-likeness (QED) is 0.275. The third kappa shape index (κ3) is 6.01. The van der Waals surface area contributed by atoms with Crippen LogP contribution in [0.3, 0.4) is 0 Å². The third-order valence-corrected chi connectivity index (χ3v) is 10.4. The summed E-state index contributed by atoms with van der Waals surface area (Å²) in [7, 11) is 1.58. The van der Waals surface area contributed by atoms with Crippen LogP contribution in [-0.4, -0.2) is 29.8 Å². The van der Waals surface area contributed by atoms with E-state index in [0.717, 1.165) is 36.8 Å². The molecule has 3 aromatic rings. The Morgan fingerprint density at radius 1 is 1.24 bits per heavy atom. The van der Waals surface area contributed by atoms with Gasteiger partial charge in [0.15, 0.2) is 5.17 Å². The van der Waals surface area contributed by atoms with Gasteiger partial charge >= 0.3 is 0 Å². The summed E-state index contributed by atoms with van der Waals surface area (Å²) in [5.74, 6) is 0.703. The standard InChI is InChI=1S/C33H34N4O3S2/c1-5-33(2,3)22-15-16-24-25(19-34)30(42-28(24)18-22)36-29(38)20-41-32-35-26(17-21-11-9-10-14-27(21)40-4)31(39)37(32)23-12-7-6-8-13-23/h6-14,17,22H,5,15-16,18,20H2,1-4H3,(H,36,38). The molecule has 1 N–H and O–H groups in total. The van der Waals surface area contributed by atoms with Crippen molar-refractivity contribution >= 4 is 56.8 Å². The fourth-order valence-corrected chi connectivity index (χ4v) is 7.48. The predicted molar refractivity (Wildman–Crippen MR) is 172 cm³/mol. The van der Waals surface area contributed by atoms with Crippen molar-refractivity contribution in [3.05, 3.63) is 81.9 Å². The van der Waals surface area contributed by atoms with E-state index in [2.05, 4.69) is 37.1 Å². The van der Waals surface area contributed by atoms with Gasteiger partial charge in [-0.25, -0.2) is 4.99 Å². The van der Waals surface area contributed by atoms with Crippen LogP contribution in [0.1, 0.15) is 55.2 Å². The van der Waals surface area contributed by atoms with Gasteiger partial charge < -0.3 is 10.1 Å². The van der Waals surface area contributed by atoms with Gasteiger partial charge in [-0.3, -0.25) is 14.5 Å². The van der Waals surface area contributed by atoms with Gasteiger partial charge in [-0.2, -0.15) is 5.26 Å². The van der Waals surface area contributed by atoms with E-state index in [9.17, 15) is 14.9 Å². The summed E-state index contributed by atoms with van der Waals surface area (Å²) in [4.78, 5) is 34.1. The average Bonchev–Trinajstić information content (AvgIpc) is 3.51. The number of amidine groups is 1.